The molecule has 7 heteroatoms. The van der Waals surface area contributed by atoms with Crippen LogP contribution < -0.4 is 5.32 Å². The van der Waals surface area contributed by atoms with E-state index < -0.39 is 11.9 Å². The number of nitrogens with one attached hydrogen (secondary N) is 1. The van der Waals surface area contributed by atoms with Gasteiger partial charge in [0.05, 0.1) is 11.4 Å². The molecule has 126 valence electrons. The van der Waals surface area contributed by atoms with Crippen LogP contribution in [0.15, 0.2) is 16.7 Å². The van der Waals surface area contributed by atoms with Crippen LogP contribution in [-0.2, 0) is 14.3 Å². The lowest BCUT2D eigenvalue weighted by atomic mass is 9.96. The van der Waals surface area contributed by atoms with Crippen LogP contribution in [0.3, 0.4) is 0 Å². The Balaban J connectivity index is 2.12. The molecule has 1 atom stereocenters. The van der Waals surface area contributed by atoms with Crippen molar-refractivity contribution in [1.82, 2.24) is 4.98 Å². The maximum atomic E-state index is 12.3. The summed E-state index contributed by atoms with van der Waals surface area (Å²) in [7, 11) is 0. The summed E-state index contributed by atoms with van der Waals surface area (Å²) in [6.45, 7) is 3.17. The monoisotopic (exact) mass is 384 g/mol. The van der Waals surface area contributed by atoms with E-state index in [1.807, 2.05) is 0 Å². The zero-order chi connectivity index (χ0) is 16.8. The standard InChI is InChI=1S/C16H21BrN2O4/c1-2-12(16(21)22)15-13(8-11(17)9-18-15)19-14(20)7-10-3-5-23-6-4-10/h8-10,12H,2-7H2,1H3,(H,19,20)(H,21,22). The number of carboxylic acids is 1. The number of carboxylic acid groups (broad SMARTS) is 1. The number of aromatic nitrogens is 1. The number of nitrogens with zero attached hydrogens (tertiary/aromatic N) is 1. The van der Waals surface area contributed by atoms with E-state index in [4.69, 9.17) is 4.74 Å². The molecule has 2 heterocycles. The number of carbonyl (C=O) groups excluding carboxylic acids is 1. The van der Waals surface area contributed by atoms with Crippen LogP contribution in [0.4, 0.5) is 5.69 Å². The van der Waals surface area contributed by atoms with Crippen LogP contribution >= 0.6 is 15.9 Å². The van der Waals surface area contributed by atoms with Crippen LogP contribution in [0, 0.1) is 5.92 Å². The third kappa shape index (κ3) is 5.00. The van der Waals surface area contributed by atoms with E-state index in [-0.39, 0.29) is 5.91 Å². The molecule has 1 amide bonds. The van der Waals surface area contributed by atoms with Gasteiger partial charge in [-0.3, -0.25) is 14.6 Å². The number of amides is 1. The molecular formula is C16H21BrN2O4. The van der Waals surface area contributed by atoms with Gasteiger partial charge in [-0.2, -0.15) is 0 Å². The molecule has 0 bridgehead atoms. The second kappa shape index (κ2) is 8.40. The van der Waals surface area contributed by atoms with Crippen LogP contribution in [0.2, 0.25) is 0 Å². The number of ether oxygens (including phenoxy) is 1. The molecule has 1 aromatic rings. The summed E-state index contributed by atoms with van der Waals surface area (Å²) in [5.41, 5.74) is 0.856. The Morgan fingerprint density at radius 2 is 2.17 bits per heavy atom. The smallest absolute Gasteiger partial charge is 0.312 e. The predicted molar refractivity (Wildman–Crippen MR) is 89.4 cm³/mol. The molecule has 1 aliphatic heterocycles. The van der Waals surface area contributed by atoms with Gasteiger partial charge < -0.3 is 15.2 Å². The van der Waals surface area contributed by atoms with Gasteiger partial charge in [-0.25, -0.2) is 0 Å². The fourth-order valence-corrected chi connectivity index (χ4v) is 3.06. The molecule has 1 aliphatic rings. The molecule has 0 aromatic carbocycles. The Hall–Kier alpha value is -1.47. The summed E-state index contributed by atoms with van der Waals surface area (Å²) in [5, 5.41) is 12.2. The summed E-state index contributed by atoms with van der Waals surface area (Å²) in [6, 6.07) is 1.70. The number of halogens is 1. The summed E-state index contributed by atoms with van der Waals surface area (Å²) < 4.78 is 5.99. The van der Waals surface area contributed by atoms with Gasteiger partial charge in [-0.1, -0.05) is 6.92 Å². The second-order valence-corrected chi connectivity index (χ2v) is 6.61. The van der Waals surface area contributed by atoms with Crippen LogP contribution in [0.1, 0.15) is 44.2 Å². The van der Waals surface area contributed by atoms with Gasteiger partial charge >= 0.3 is 5.97 Å². The summed E-state index contributed by atoms with van der Waals surface area (Å²) >= 11 is 3.32. The first-order valence-electron chi connectivity index (χ1n) is 7.77. The van der Waals surface area contributed by atoms with Gasteiger partial charge in [0.25, 0.3) is 0 Å². The fraction of sp³-hybridized carbons (Fsp3) is 0.562. The molecule has 1 aromatic heterocycles. The fourth-order valence-electron chi connectivity index (χ4n) is 2.73. The quantitative estimate of drug-likeness (QED) is 0.785. The first-order chi connectivity index (χ1) is 11.0. The Labute approximate surface area is 143 Å². The van der Waals surface area contributed by atoms with Gasteiger partial charge in [-0.15, -0.1) is 0 Å². The zero-order valence-electron chi connectivity index (χ0n) is 13.0. The van der Waals surface area contributed by atoms with E-state index in [1.54, 1.807) is 19.2 Å². The summed E-state index contributed by atoms with van der Waals surface area (Å²) in [4.78, 5) is 27.9. The molecular weight excluding hydrogens is 364 g/mol. The molecule has 0 radical (unpaired) electrons. The first kappa shape index (κ1) is 17.9. The molecule has 0 aliphatic carbocycles. The van der Waals surface area contributed by atoms with Gasteiger partial charge in [0, 0.05) is 30.3 Å². The number of hydrogen-bond acceptors (Lipinski definition) is 4. The summed E-state index contributed by atoms with van der Waals surface area (Å²) in [6.07, 6.45) is 4.13. The van der Waals surface area contributed by atoms with Crippen molar-refractivity contribution in [2.24, 2.45) is 5.92 Å². The van der Waals surface area contributed by atoms with Crippen LogP contribution in [0.5, 0.6) is 0 Å². The van der Waals surface area contributed by atoms with Crippen molar-refractivity contribution in [3.05, 3.63) is 22.4 Å². The normalized spacial score (nSPS) is 16.8. The molecule has 23 heavy (non-hydrogen) atoms. The number of carbonyl (C=O) groups is 2. The van der Waals surface area contributed by atoms with Gasteiger partial charge in [0.15, 0.2) is 0 Å². The maximum Gasteiger partial charge on any atom is 0.312 e. The highest BCUT2D eigenvalue weighted by Crippen LogP contribution is 2.29. The Bertz CT molecular complexity index is 573. The van der Waals surface area contributed by atoms with E-state index in [0.717, 1.165) is 12.8 Å². The highest BCUT2D eigenvalue weighted by molar-refractivity contribution is 9.10. The molecule has 2 N–H and O–H groups in total. The highest BCUT2D eigenvalue weighted by Gasteiger charge is 2.24. The number of pyridine rings is 1. The number of anilines is 1. The van der Waals surface area contributed by atoms with Gasteiger partial charge in [-0.05, 0) is 47.2 Å². The Kier molecular flexibility index (Phi) is 6.53. The molecule has 2 rings (SSSR count). The number of aliphatic carboxylic acids is 1. The highest BCUT2D eigenvalue weighted by atomic mass is 79.9. The molecule has 1 unspecified atom stereocenters. The summed E-state index contributed by atoms with van der Waals surface area (Å²) in [5.74, 6) is -1.48. The van der Waals surface area contributed by atoms with E-state index in [2.05, 4.69) is 26.2 Å². The van der Waals surface area contributed by atoms with E-state index in [0.29, 0.717) is 47.8 Å². The van der Waals surface area contributed by atoms with Crippen LogP contribution in [0.25, 0.3) is 0 Å². The molecule has 6 nitrogen and oxygen atoms in total. The van der Waals surface area contributed by atoms with E-state index >= 15 is 0 Å². The van der Waals surface area contributed by atoms with Crippen molar-refractivity contribution in [3.63, 3.8) is 0 Å². The number of hydrogen-bond donors (Lipinski definition) is 2. The molecule has 0 spiro atoms. The van der Waals surface area contributed by atoms with E-state index in [9.17, 15) is 14.7 Å². The topological polar surface area (TPSA) is 88.5 Å². The second-order valence-electron chi connectivity index (χ2n) is 5.69. The molecule has 0 saturated carbocycles. The third-order valence-electron chi connectivity index (χ3n) is 4.01. The molecule has 1 saturated heterocycles. The van der Waals surface area contributed by atoms with Crippen molar-refractivity contribution < 1.29 is 19.4 Å². The van der Waals surface area contributed by atoms with Crippen molar-refractivity contribution in [2.75, 3.05) is 18.5 Å². The Morgan fingerprint density at radius 1 is 1.48 bits per heavy atom. The average Bonchev–Trinajstić information content (AvgIpc) is 2.50. The first-order valence-corrected chi connectivity index (χ1v) is 8.56. The van der Waals surface area contributed by atoms with Crippen molar-refractivity contribution in [2.45, 2.75) is 38.5 Å². The number of rotatable bonds is 6. The van der Waals surface area contributed by atoms with Gasteiger partial charge in [0.1, 0.15) is 5.92 Å². The third-order valence-corrected chi connectivity index (χ3v) is 4.44. The minimum Gasteiger partial charge on any atom is -0.481 e. The lowest BCUT2D eigenvalue weighted by molar-refractivity contribution is -0.139. The minimum atomic E-state index is -0.942. The van der Waals surface area contributed by atoms with Crippen molar-refractivity contribution >= 4 is 33.5 Å². The molecule has 1 fully saturated rings. The SMILES string of the molecule is CCC(C(=O)O)c1ncc(Br)cc1NC(=O)CC1CCOCC1. The predicted octanol–water partition coefficient (Wildman–Crippen LogP) is 3.18. The zero-order valence-corrected chi connectivity index (χ0v) is 14.6. The Morgan fingerprint density at radius 3 is 2.78 bits per heavy atom. The minimum absolute atomic E-state index is 0.113. The van der Waals surface area contributed by atoms with Crippen molar-refractivity contribution in [3.8, 4) is 0 Å². The van der Waals surface area contributed by atoms with E-state index in [1.165, 1.54) is 0 Å². The van der Waals surface area contributed by atoms with Crippen LogP contribution in [-0.4, -0.2) is 35.2 Å². The van der Waals surface area contributed by atoms with Crippen molar-refractivity contribution in [1.29, 1.82) is 0 Å². The largest absolute Gasteiger partial charge is 0.481 e. The maximum absolute atomic E-state index is 12.3. The lowest BCUT2D eigenvalue weighted by Crippen LogP contribution is -2.23. The average molecular weight is 385 g/mol. The van der Waals surface area contributed by atoms with Gasteiger partial charge in [0.2, 0.25) is 5.91 Å². The lowest BCUT2D eigenvalue weighted by Gasteiger charge is -2.22.